The lowest BCUT2D eigenvalue weighted by atomic mass is 10.1. The summed E-state index contributed by atoms with van der Waals surface area (Å²) < 4.78 is 0. The molecule has 25 heavy (non-hydrogen) atoms. The van der Waals surface area contributed by atoms with Gasteiger partial charge in [-0.3, -0.25) is 14.7 Å². The number of amides is 1. The number of para-hydroxylation sites is 1. The average Bonchev–Trinajstić information content (AvgIpc) is 2.60. The topological polar surface area (TPSA) is 74.0 Å². The molecule has 2 aromatic carbocycles. The number of nitrogens with zero attached hydrogens (tertiary/aromatic N) is 3. The molecule has 128 valence electrons. The van der Waals surface area contributed by atoms with Crippen LogP contribution < -0.4 is 16.1 Å². The van der Waals surface area contributed by atoms with Crippen LogP contribution in [0.5, 0.6) is 0 Å². The summed E-state index contributed by atoms with van der Waals surface area (Å²) >= 11 is 12.3. The van der Waals surface area contributed by atoms with Crippen LogP contribution in [0.2, 0.25) is 10.0 Å². The van der Waals surface area contributed by atoms with E-state index in [2.05, 4.69) is 16.9 Å². The first-order valence-corrected chi connectivity index (χ1v) is 8.10. The van der Waals surface area contributed by atoms with Crippen molar-refractivity contribution >= 4 is 46.8 Å². The number of halogens is 2. The number of carbonyl (C=O) groups is 1. The van der Waals surface area contributed by atoms with Crippen LogP contribution in [0.1, 0.15) is 10.4 Å². The molecule has 0 radical (unpaired) electrons. The maximum Gasteiger partial charge on any atom is 0.263 e. The minimum absolute atomic E-state index is 0.244. The molecule has 3 N–H and O–H groups in total. The molecule has 2 aromatic rings. The molecule has 0 saturated carbocycles. The first-order chi connectivity index (χ1) is 12.0. The van der Waals surface area contributed by atoms with Gasteiger partial charge in [-0.05, 0) is 30.3 Å². The van der Waals surface area contributed by atoms with Crippen molar-refractivity contribution in [3.63, 3.8) is 0 Å². The Bertz CT molecular complexity index is 855. The molecule has 0 spiro atoms. The molecule has 0 aliphatic carbocycles. The van der Waals surface area contributed by atoms with E-state index in [1.807, 2.05) is 6.07 Å². The van der Waals surface area contributed by atoms with Crippen molar-refractivity contribution in [3.05, 3.63) is 70.9 Å². The number of carbonyl (C=O) groups excluding carboxylic acids is 1. The number of aliphatic imine (C=N–C) groups is 1. The Labute approximate surface area is 155 Å². The predicted molar refractivity (Wildman–Crippen MR) is 102 cm³/mol. The van der Waals surface area contributed by atoms with E-state index in [4.69, 9.17) is 29.0 Å². The molecule has 1 heterocycles. The van der Waals surface area contributed by atoms with Gasteiger partial charge in [0.15, 0.2) is 6.29 Å². The van der Waals surface area contributed by atoms with Crippen LogP contribution in [-0.4, -0.2) is 23.5 Å². The Kier molecular flexibility index (Phi) is 4.94. The van der Waals surface area contributed by atoms with E-state index in [9.17, 15) is 4.79 Å². The number of nitrogens with two attached hydrogens (primary N) is 1. The van der Waals surface area contributed by atoms with Crippen LogP contribution in [0.15, 0.2) is 60.2 Å². The molecule has 1 unspecified atom stereocenters. The number of nitrogens with one attached hydrogen (secondary N) is 1. The van der Waals surface area contributed by atoms with Crippen LogP contribution in [0, 0.1) is 0 Å². The Morgan fingerprint density at radius 3 is 2.76 bits per heavy atom. The number of hydrogen-bond acceptors (Lipinski definition) is 4. The standard InChI is InChI=1S/C17H15Cl2N5O/c1-2-21-10-23(20)17-22-14-6-4-3-5-12(14)16(25)24(17)15-8-7-11(18)9-13(15)19/h2-10,17,22H,1,20H2/b21-10-. The van der Waals surface area contributed by atoms with Gasteiger partial charge in [0.1, 0.15) is 6.34 Å². The largest absolute Gasteiger partial charge is 0.346 e. The van der Waals surface area contributed by atoms with Crippen LogP contribution in [0.3, 0.4) is 0 Å². The Balaban J connectivity index is 2.11. The van der Waals surface area contributed by atoms with Crippen LogP contribution in [0.25, 0.3) is 0 Å². The summed E-state index contributed by atoms with van der Waals surface area (Å²) in [6.07, 6.45) is 1.98. The summed E-state index contributed by atoms with van der Waals surface area (Å²) in [5.74, 6) is 5.83. The molecular weight excluding hydrogens is 361 g/mol. The van der Waals surface area contributed by atoms with Crippen molar-refractivity contribution in [3.8, 4) is 0 Å². The van der Waals surface area contributed by atoms with E-state index in [1.165, 1.54) is 22.4 Å². The minimum Gasteiger partial charge on any atom is -0.346 e. The molecule has 0 aromatic heterocycles. The highest BCUT2D eigenvalue weighted by atomic mass is 35.5. The fourth-order valence-electron chi connectivity index (χ4n) is 2.55. The lowest BCUT2D eigenvalue weighted by Gasteiger charge is -2.41. The van der Waals surface area contributed by atoms with Gasteiger partial charge in [-0.1, -0.05) is 41.9 Å². The molecule has 1 aliphatic heterocycles. The first-order valence-electron chi connectivity index (χ1n) is 7.34. The zero-order chi connectivity index (χ0) is 18.0. The van der Waals surface area contributed by atoms with E-state index in [-0.39, 0.29) is 5.91 Å². The van der Waals surface area contributed by atoms with Crippen molar-refractivity contribution in [1.82, 2.24) is 5.01 Å². The number of benzene rings is 2. The van der Waals surface area contributed by atoms with Crippen LogP contribution in [-0.2, 0) is 0 Å². The minimum atomic E-state index is -0.732. The molecule has 1 aliphatic rings. The molecule has 0 bridgehead atoms. The van der Waals surface area contributed by atoms with E-state index in [0.717, 1.165) is 0 Å². The second-order valence-electron chi connectivity index (χ2n) is 5.23. The molecule has 8 heteroatoms. The zero-order valence-electron chi connectivity index (χ0n) is 13.1. The summed E-state index contributed by atoms with van der Waals surface area (Å²) in [6, 6.07) is 12.1. The van der Waals surface area contributed by atoms with Gasteiger partial charge in [0.25, 0.3) is 5.91 Å². The van der Waals surface area contributed by atoms with Gasteiger partial charge in [0.05, 0.1) is 16.3 Å². The van der Waals surface area contributed by atoms with Gasteiger partial charge in [0.2, 0.25) is 0 Å². The third kappa shape index (κ3) is 3.32. The summed E-state index contributed by atoms with van der Waals surface area (Å²) in [5, 5.41) is 5.29. The monoisotopic (exact) mass is 375 g/mol. The Morgan fingerprint density at radius 2 is 2.04 bits per heavy atom. The normalized spacial score (nSPS) is 16.5. The van der Waals surface area contributed by atoms with Crippen molar-refractivity contribution in [2.24, 2.45) is 10.8 Å². The summed E-state index contributed by atoms with van der Waals surface area (Å²) in [7, 11) is 0. The SMILES string of the molecule is C=C/N=C\N(N)C1Nc2ccccc2C(=O)N1c1ccc(Cl)cc1Cl. The fourth-order valence-corrected chi connectivity index (χ4v) is 3.05. The highest BCUT2D eigenvalue weighted by molar-refractivity contribution is 6.37. The first kappa shape index (κ1) is 17.3. The molecule has 1 amide bonds. The Hall–Kier alpha value is -2.54. The maximum absolute atomic E-state index is 13.1. The smallest absolute Gasteiger partial charge is 0.263 e. The van der Waals surface area contributed by atoms with Crippen molar-refractivity contribution in [1.29, 1.82) is 0 Å². The molecule has 0 fully saturated rings. The van der Waals surface area contributed by atoms with Crippen LogP contribution >= 0.6 is 23.2 Å². The number of hydrazine groups is 1. The molecule has 1 atom stereocenters. The average molecular weight is 376 g/mol. The maximum atomic E-state index is 13.1. The predicted octanol–water partition coefficient (Wildman–Crippen LogP) is 3.70. The molecule has 3 rings (SSSR count). The number of anilines is 2. The van der Waals surface area contributed by atoms with Gasteiger partial charge in [-0.2, -0.15) is 0 Å². The van der Waals surface area contributed by atoms with Gasteiger partial charge in [0, 0.05) is 16.9 Å². The summed E-state index contributed by atoms with van der Waals surface area (Å²) in [5.41, 5.74) is 1.66. The van der Waals surface area contributed by atoms with Crippen molar-refractivity contribution in [2.75, 3.05) is 10.2 Å². The lowest BCUT2D eigenvalue weighted by molar-refractivity contribution is 0.0954. The second-order valence-corrected chi connectivity index (χ2v) is 6.07. The quantitative estimate of drug-likeness (QED) is 0.369. The van der Waals surface area contributed by atoms with Gasteiger partial charge < -0.3 is 5.32 Å². The van der Waals surface area contributed by atoms with Crippen LogP contribution in [0.4, 0.5) is 11.4 Å². The lowest BCUT2D eigenvalue weighted by Crippen LogP contribution is -2.60. The Morgan fingerprint density at radius 1 is 1.28 bits per heavy atom. The number of fused-ring (bicyclic) bond motifs is 1. The molecule has 6 nitrogen and oxygen atoms in total. The van der Waals surface area contributed by atoms with Gasteiger partial charge >= 0.3 is 0 Å². The van der Waals surface area contributed by atoms with Gasteiger partial charge in [-0.15, -0.1) is 0 Å². The highest BCUT2D eigenvalue weighted by Crippen LogP contribution is 2.35. The van der Waals surface area contributed by atoms with E-state index >= 15 is 0 Å². The number of rotatable bonds is 4. The summed E-state index contributed by atoms with van der Waals surface area (Å²) in [6.45, 7) is 3.51. The zero-order valence-corrected chi connectivity index (χ0v) is 14.6. The molecule has 0 saturated heterocycles. The highest BCUT2D eigenvalue weighted by Gasteiger charge is 2.36. The summed E-state index contributed by atoms with van der Waals surface area (Å²) in [4.78, 5) is 18.4. The fraction of sp³-hybridized carbons (Fsp3) is 0.0588. The van der Waals surface area contributed by atoms with E-state index in [1.54, 1.807) is 36.4 Å². The second kappa shape index (κ2) is 7.14. The van der Waals surface area contributed by atoms with E-state index < -0.39 is 6.29 Å². The van der Waals surface area contributed by atoms with Crippen molar-refractivity contribution in [2.45, 2.75) is 6.29 Å². The third-order valence-electron chi connectivity index (χ3n) is 3.66. The number of hydrogen-bond donors (Lipinski definition) is 2. The van der Waals surface area contributed by atoms with E-state index in [0.29, 0.717) is 27.0 Å². The van der Waals surface area contributed by atoms with Crippen molar-refractivity contribution < 1.29 is 4.79 Å². The molecular formula is C17H15Cl2N5O. The van der Waals surface area contributed by atoms with Gasteiger partial charge in [-0.25, -0.2) is 10.8 Å². The third-order valence-corrected chi connectivity index (χ3v) is 4.20.